The van der Waals surface area contributed by atoms with E-state index in [1.54, 1.807) is 0 Å². The molecule has 2 unspecified atom stereocenters. The lowest BCUT2D eigenvalue weighted by Gasteiger charge is -2.27. The molecule has 2 aliphatic heterocycles. The number of carbonyl (C=O) groups excluding carboxylic acids is 1. The summed E-state index contributed by atoms with van der Waals surface area (Å²) in [6.07, 6.45) is 0.660. The van der Waals surface area contributed by atoms with Gasteiger partial charge in [0.1, 0.15) is 6.10 Å². The molecule has 0 spiro atoms. The van der Waals surface area contributed by atoms with Crippen molar-refractivity contribution in [1.82, 2.24) is 4.90 Å². The van der Waals surface area contributed by atoms with Gasteiger partial charge in [0.05, 0.1) is 12.6 Å². The van der Waals surface area contributed by atoms with E-state index in [1.807, 2.05) is 29.2 Å². The normalized spacial score (nSPS) is 27.8. The topological polar surface area (TPSA) is 55.6 Å². The van der Waals surface area contributed by atoms with Crippen LogP contribution in [0.2, 0.25) is 0 Å². The number of nitrogens with two attached hydrogens (primary N) is 1. The monoisotopic (exact) mass is 218 g/mol. The predicted octanol–water partition coefficient (Wildman–Crippen LogP) is 0.768. The van der Waals surface area contributed by atoms with E-state index >= 15 is 0 Å². The molecule has 2 bridgehead atoms. The van der Waals surface area contributed by atoms with Gasteiger partial charge < -0.3 is 15.4 Å². The molecule has 4 heteroatoms. The first-order valence-corrected chi connectivity index (χ1v) is 5.50. The van der Waals surface area contributed by atoms with Crippen molar-refractivity contribution >= 4 is 11.6 Å². The van der Waals surface area contributed by atoms with Crippen molar-refractivity contribution in [2.75, 3.05) is 12.3 Å². The van der Waals surface area contributed by atoms with Crippen molar-refractivity contribution in [2.45, 2.75) is 25.1 Å². The zero-order valence-corrected chi connectivity index (χ0v) is 8.93. The van der Waals surface area contributed by atoms with E-state index in [-0.39, 0.29) is 18.1 Å². The SMILES string of the molecule is Nc1cccc(CN2C(=O)C3CC2CO3)c1. The average Bonchev–Trinajstić information content (AvgIpc) is 2.82. The average molecular weight is 218 g/mol. The number of fused-ring (bicyclic) bond motifs is 2. The van der Waals surface area contributed by atoms with Crippen LogP contribution < -0.4 is 5.73 Å². The number of rotatable bonds is 2. The number of nitrogens with zero attached hydrogens (tertiary/aromatic N) is 1. The highest BCUT2D eigenvalue weighted by molar-refractivity contribution is 5.84. The molecule has 0 radical (unpaired) electrons. The van der Waals surface area contributed by atoms with E-state index in [9.17, 15) is 4.79 Å². The molecule has 2 N–H and O–H groups in total. The Hall–Kier alpha value is -1.55. The molecule has 1 aromatic carbocycles. The third-order valence-electron chi connectivity index (χ3n) is 3.28. The molecule has 0 aliphatic carbocycles. The van der Waals surface area contributed by atoms with Crippen LogP contribution in [-0.2, 0) is 16.1 Å². The second-order valence-electron chi connectivity index (χ2n) is 4.42. The fourth-order valence-corrected chi connectivity index (χ4v) is 2.46. The van der Waals surface area contributed by atoms with E-state index in [4.69, 9.17) is 10.5 Å². The second kappa shape index (κ2) is 3.49. The second-order valence-corrected chi connectivity index (χ2v) is 4.42. The fourth-order valence-electron chi connectivity index (χ4n) is 2.46. The van der Waals surface area contributed by atoms with Gasteiger partial charge in [-0.3, -0.25) is 4.79 Å². The first-order valence-electron chi connectivity index (χ1n) is 5.50. The van der Waals surface area contributed by atoms with E-state index in [0.717, 1.165) is 17.7 Å². The summed E-state index contributed by atoms with van der Waals surface area (Å²) in [5, 5.41) is 0. The minimum atomic E-state index is -0.189. The van der Waals surface area contributed by atoms with E-state index < -0.39 is 0 Å². The van der Waals surface area contributed by atoms with Crippen LogP contribution in [0.1, 0.15) is 12.0 Å². The molecular formula is C12H14N2O2. The summed E-state index contributed by atoms with van der Waals surface area (Å²) in [6, 6.07) is 7.94. The lowest BCUT2D eigenvalue weighted by Crippen LogP contribution is -2.41. The molecule has 2 saturated heterocycles. The highest BCUT2D eigenvalue weighted by Crippen LogP contribution is 2.30. The van der Waals surface area contributed by atoms with Gasteiger partial charge in [0.15, 0.2) is 0 Å². The molecule has 3 rings (SSSR count). The Morgan fingerprint density at radius 2 is 2.38 bits per heavy atom. The van der Waals surface area contributed by atoms with Gasteiger partial charge in [0.25, 0.3) is 5.91 Å². The molecule has 4 nitrogen and oxygen atoms in total. The van der Waals surface area contributed by atoms with Crippen LogP contribution in [0.4, 0.5) is 5.69 Å². The van der Waals surface area contributed by atoms with Crippen LogP contribution >= 0.6 is 0 Å². The molecule has 2 aliphatic rings. The van der Waals surface area contributed by atoms with E-state index in [2.05, 4.69) is 0 Å². The molecule has 2 fully saturated rings. The Kier molecular flexibility index (Phi) is 2.11. The minimum absolute atomic E-state index is 0.124. The summed E-state index contributed by atoms with van der Waals surface area (Å²) in [5.74, 6) is 0.124. The molecule has 2 atom stereocenters. The van der Waals surface area contributed by atoms with Crippen LogP contribution in [0, 0.1) is 0 Å². The third kappa shape index (κ3) is 1.46. The van der Waals surface area contributed by atoms with Gasteiger partial charge in [0, 0.05) is 18.7 Å². The standard InChI is InChI=1S/C12H14N2O2/c13-9-3-1-2-8(4-9)6-14-10-5-11(12(14)15)16-7-10/h1-4,10-11H,5-7,13H2. The number of benzene rings is 1. The summed E-state index contributed by atoms with van der Waals surface area (Å²) < 4.78 is 5.34. The number of hydrogen-bond donors (Lipinski definition) is 1. The zero-order valence-electron chi connectivity index (χ0n) is 8.93. The number of ether oxygens (including phenoxy) is 1. The molecule has 0 saturated carbocycles. The van der Waals surface area contributed by atoms with E-state index in [1.165, 1.54) is 0 Å². The molecule has 1 amide bonds. The zero-order chi connectivity index (χ0) is 11.1. The van der Waals surface area contributed by atoms with Gasteiger partial charge in [-0.2, -0.15) is 0 Å². The van der Waals surface area contributed by atoms with Crippen molar-refractivity contribution < 1.29 is 9.53 Å². The number of amides is 1. The van der Waals surface area contributed by atoms with Crippen LogP contribution in [0.15, 0.2) is 24.3 Å². The number of anilines is 1. The maximum Gasteiger partial charge on any atom is 0.252 e. The van der Waals surface area contributed by atoms with Gasteiger partial charge in [-0.25, -0.2) is 0 Å². The highest BCUT2D eigenvalue weighted by Gasteiger charge is 2.45. The first kappa shape index (κ1) is 9.66. The summed E-state index contributed by atoms with van der Waals surface area (Å²) >= 11 is 0. The summed E-state index contributed by atoms with van der Waals surface area (Å²) in [7, 11) is 0. The fraction of sp³-hybridized carbons (Fsp3) is 0.417. The Morgan fingerprint density at radius 1 is 1.50 bits per heavy atom. The summed E-state index contributed by atoms with van der Waals surface area (Å²) in [6.45, 7) is 1.33. The molecule has 2 heterocycles. The Labute approximate surface area is 94.0 Å². The molecular weight excluding hydrogens is 204 g/mol. The number of likely N-dealkylation sites (tertiary alicyclic amines) is 1. The lowest BCUT2D eigenvalue weighted by atomic mass is 10.2. The van der Waals surface area contributed by atoms with Crippen LogP contribution in [0.5, 0.6) is 0 Å². The van der Waals surface area contributed by atoms with Gasteiger partial charge in [0.2, 0.25) is 0 Å². The van der Waals surface area contributed by atoms with Gasteiger partial charge in [-0.05, 0) is 17.7 Å². The number of nitrogen functional groups attached to an aromatic ring is 1. The van der Waals surface area contributed by atoms with Crippen molar-refractivity contribution in [1.29, 1.82) is 0 Å². The van der Waals surface area contributed by atoms with Gasteiger partial charge in [-0.15, -0.1) is 0 Å². The summed E-state index contributed by atoms with van der Waals surface area (Å²) in [5.41, 5.74) is 7.54. The minimum Gasteiger partial charge on any atom is -0.399 e. The van der Waals surface area contributed by atoms with Crippen molar-refractivity contribution in [3.05, 3.63) is 29.8 Å². The Morgan fingerprint density at radius 3 is 3.06 bits per heavy atom. The quantitative estimate of drug-likeness (QED) is 0.746. The largest absolute Gasteiger partial charge is 0.399 e. The van der Waals surface area contributed by atoms with Gasteiger partial charge >= 0.3 is 0 Å². The lowest BCUT2D eigenvalue weighted by molar-refractivity contribution is -0.144. The molecule has 84 valence electrons. The molecule has 0 aromatic heterocycles. The summed E-state index contributed by atoms with van der Waals surface area (Å²) in [4.78, 5) is 13.7. The maximum absolute atomic E-state index is 11.8. The van der Waals surface area contributed by atoms with Crippen LogP contribution in [0.25, 0.3) is 0 Å². The van der Waals surface area contributed by atoms with Crippen molar-refractivity contribution in [3.8, 4) is 0 Å². The number of carbonyl (C=O) groups is 1. The first-order chi connectivity index (χ1) is 7.74. The Balaban J connectivity index is 1.78. The highest BCUT2D eigenvalue weighted by atomic mass is 16.5. The van der Waals surface area contributed by atoms with Crippen molar-refractivity contribution in [2.24, 2.45) is 0 Å². The third-order valence-corrected chi connectivity index (χ3v) is 3.28. The van der Waals surface area contributed by atoms with Crippen molar-refractivity contribution in [3.63, 3.8) is 0 Å². The Bertz CT molecular complexity index is 433. The smallest absolute Gasteiger partial charge is 0.252 e. The predicted molar refractivity (Wildman–Crippen MR) is 59.5 cm³/mol. The molecule has 1 aromatic rings. The van der Waals surface area contributed by atoms with Crippen LogP contribution in [-0.4, -0.2) is 29.6 Å². The number of hydrogen-bond acceptors (Lipinski definition) is 3. The van der Waals surface area contributed by atoms with Crippen LogP contribution in [0.3, 0.4) is 0 Å². The van der Waals surface area contributed by atoms with E-state index in [0.29, 0.717) is 13.2 Å². The maximum atomic E-state index is 11.8. The van der Waals surface area contributed by atoms with Gasteiger partial charge in [-0.1, -0.05) is 12.1 Å². The molecule has 16 heavy (non-hydrogen) atoms. The number of morpholine rings is 1.